The Bertz CT molecular complexity index is 123. The Balaban J connectivity index is 3.68. The third kappa shape index (κ3) is 5.04. The van der Waals surface area contributed by atoms with Gasteiger partial charge in [0.2, 0.25) is 0 Å². The Labute approximate surface area is 71.7 Å². The first-order chi connectivity index (χ1) is 5.22. The molecule has 0 bridgehead atoms. The predicted molar refractivity (Wildman–Crippen MR) is 48.8 cm³/mol. The molecule has 0 aromatic rings. The molecule has 2 nitrogen and oxygen atoms in total. The SMILES string of the molecule is C=CCSC(CC=O)C(C)O. The van der Waals surface area contributed by atoms with Gasteiger partial charge in [0.15, 0.2) is 0 Å². The third-order valence-electron chi connectivity index (χ3n) is 1.29. The second kappa shape index (κ2) is 6.43. The Morgan fingerprint density at radius 1 is 1.73 bits per heavy atom. The van der Waals surface area contributed by atoms with Crippen LogP contribution in [0.5, 0.6) is 0 Å². The highest BCUT2D eigenvalue weighted by molar-refractivity contribution is 8.00. The van der Waals surface area contributed by atoms with Gasteiger partial charge in [-0.2, -0.15) is 11.8 Å². The van der Waals surface area contributed by atoms with Crippen molar-refractivity contribution in [3.63, 3.8) is 0 Å². The average Bonchev–Trinajstić information content (AvgIpc) is 1.97. The van der Waals surface area contributed by atoms with Gasteiger partial charge in [-0.25, -0.2) is 0 Å². The summed E-state index contributed by atoms with van der Waals surface area (Å²) in [6, 6.07) is 0. The Morgan fingerprint density at radius 2 is 2.36 bits per heavy atom. The lowest BCUT2D eigenvalue weighted by molar-refractivity contribution is -0.108. The smallest absolute Gasteiger partial charge is 0.121 e. The fraction of sp³-hybridized carbons (Fsp3) is 0.625. The van der Waals surface area contributed by atoms with Crippen LogP contribution in [-0.4, -0.2) is 28.5 Å². The molecule has 0 rings (SSSR count). The lowest BCUT2D eigenvalue weighted by Gasteiger charge is -2.15. The highest BCUT2D eigenvalue weighted by atomic mass is 32.2. The normalized spacial score (nSPS) is 15.5. The zero-order valence-electron chi connectivity index (χ0n) is 6.69. The van der Waals surface area contributed by atoms with E-state index in [9.17, 15) is 4.79 Å². The summed E-state index contributed by atoms with van der Waals surface area (Å²) in [4.78, 5) is 10.1. The molecule has 1 N–H and O–H groups in total. The molecule has 0 aliphatic heterocycles. The van der Waals surface area contributed by atoms with Crippen LogP contribution in [0.4, 0.5) is 0 Å². The molecule has 2 atom stereocenters. The summed E-state index contributed by atoms with van der Waals surface area (Å²) in [5.74, 6) is 0.781. The van der Waals surface area contributed by atoms with Crippen LogP contribution >= 0.6 is 11.8 Å². The van der Waals surface area contributed by atoms with Crippen LogP contribution in [0.25, 0.3) is 0 Å². The summed E-state index contributed by atoms with van der Waals surface area (Å²) in [6.07, 6.45) is 2.60. The van der Waals surface area contributed by atoms with Gasteiger partial charge >= 0.3 is 0 Å². The summed E-state index contributed by atoms with van der Waals surface area (Å²) in [6.45, 7) is 5.26. The number of aldehydes is 1. The molecule has 0 saturated heterocycles. The van der Waals surface area contributed by atoms with E-state index in [-0.39, 0.29) is 5.25 Å². The number of aliphatic hydroxyl groups is 1. The summed E-state index contributed by atoms with van der Waals surface area (Å²) in [7, 11) is 0. The van der Waals surface area contributed by atoms with Crippen molar-refractivity contribution in [2.45, 2.75) is 24.7 Å². The number of rotatable bonds is 6. The van der Waals surface area contributed by atoms with Gasteiger partial charge in [-0.05, 0) is 6.92 Å². The quantitative estimate of drug-likeness (QED) is 0.486. The molecule has 0 aliphatic rings. The number of carbonyl (C=O) groups excluding carboxylic acids is 1. The molecule has 0 aliphatic carbocycles. The van der Waals surface area contributed by atoms with Gasteiger partial charge in [0.25, 0.3) is 0 Å². The number of hydrogen-bond donors (Lipinski definition) is 1. The minimum atomic E-state index is -0.426. The zero-order valence-corrected chi connectivity index (χ0v) is 7.51. The molecule has 64 valence electrons. The summed E-state index contributed by atoms with van der Waals surface area (Å²) < 4.78 is 0. The first kappa shape index (κ1) is 10.7. The van der Waals surface area contributed by atoms with Crippen LogP contribution in [-0.2, 0) is 4.79 Å². The zero-order chi connectivity index (χ0) is 8.69. The van der Waals surface area contributed by atoms with E-state index in [2.05, 4.69) is 6.58 Å². The molecule has 0 fully saturated rings. The molecule has 3 heteroatoms. The molecule has 0 heterocycles. The van der Waals surface area contributed by atoms with Crippen LogP contribution < -0.4 is 0 Å². The monoisotopic (exact) mass is 174 g/mol. The molecule has 0 saturated carbocycles. The lowest BCUT2D eigenvalue weighted by atomic mass is 10.2. The minimum Gasteiger partial charge on any atom is -0.392 e. The third-order valence-corrected chi connectivity index (χ3v) is 2.74. The summed E-state index contributed by atoms with van der Waals surface area (Å²) >= 11 is 1.55. The van der Waals surface area contributed by atoms with Crippen LogP contribution in [0, 0.1) is 0 Å². The topological polar surface area (TPSA) is 37.3 Å². The van der Waals surface area contributed by atoms with Gasteiger partial charge in [0, 0.05) is 17.4 Å². The molecule has 0 amide bonds. The average molecular weight is 174 g/mol. The summed E-state index contributed by atoms with van der Waals surface area (Å²) in [5.41, 5.74) is 0. The molecule has 0 radical (unpaired) electrons. The van der Waals surface area contributed by atoms with Crippen LogP contribution in [0.2, 0.25) is 0 Å². The molecule has 0 aromatic heterocycles. The van der Waals surface area contributed by atoms with Gasteiger partial charge in [0.05, 0.1) is 6.10 Å². The predicted octanol–water partition coefficient (Wildman–Crippen LogP) is 1.24. The maximum absolute atomic E-state index is 10.1. The standard InChI is InChI=1S/C8H14O2S/c1-3-6-11-8(4-5-9)7(2)10/h3,5,7-8,10H,1,4,6H2,2H3. The van der Waals surface area contributed by atoms with Crippen molar-refractivity contribution in [2.75, 3.05) is 5.75 Å². The Morgan fingerprint density at radius 3 is 2.73 bits per heavy atom. The van der Waals surface area contributed by atoms with E-state index in [0.29, 0.717) is 6.42 Å². The summed E-state index contributed by atoms with van der Waals surface area (Å²) in [5, 5.41) is 9.17. The van der Waals surface area contributed by atoms with Crippen molar-refractivity contribution < 1.29 is 9.90 Å². The highest BCUT2D eigenvalue weighted by Crippen LogP contribution is 2.17. The first-order valence-electron chi connectivity index (χ1n) is 3.56. The molecule has 2 unspecified atom stereocenters. The Kier molecular flexibility index (Phi) is 6.27. The van der Waals surface area contributed by atoms with Crippen molar-refractivity contribution in [3.05, 3.63) is 12.7 Å². The number of thioether (sulfide) groups is 1. The van der Waals surface area contributed by atoms with Gasteiger partial charge < -0.3 is 9.90 Å². The van der Waals surface area contributed by atoms with E-state index >= 15 is 0 Å². The van der Waals surface area contributed by atoms with Crippen molar-refractivity contribution in [2.24, 2.45) is 0 Å². The fourth-order valence-corrected chi connectivity index (χ4v) is 1.57. The maximum atomic E-state index is 10.1. The van der Waals surface area contributed by atoms with E-state index in [1.165, 1.54) is 0 Å². The van der Waals surface area contributed by atoms with Crippen LogP contribution in [0.15, 0.2) is 12.7 Å². The molecule has 0 aromatic carbocycles. The van der Waals surface area contributed by atoms with E-state index < -0.39 is 6.10 Å². The molecule has 0 spiro atoms. The van der Waals surface area contributed by atoms with Gasteiger partial charge in [-0.3, -0.25) is 0 Å². The van der Waals surface area contributed by atoms with Gasteiger partial charge in [-0.1, -0.05) is 6.08 Å². The van der Waals surface area contributed by atoms with Crippen LogP contribution in [0.3, 0.4) is 0 Å². The van der Waals surface area contributed by atoms with Gasteiger partial charge in [0.1, 0.15) is 6.29 Å². The van der Waals surface area contributed by atoms with E-state index in [1.54, 1.807) is 24.8 Å². The van der Waals surface area contributed by atoms with Gasteiger partial charge in [-0.15, -0.1) is 6.58 Å². The lowest BCUT2D eigenvalue weighted by Crippen LogP contribution is -2.20. The van der Waals surface area contributed by atoms with Crippen molar-refractivity contribution in [1.29, 1.82) is 0 Å². The van der Waals surface area contributed by atoms with E-state index in [4.69, 9.17) is 5.11 Å². The second-order valence-electron chi connectivity index (χ2n) is 2.30. The minimum absolute atomic E-state index is 0.0190. The van der Waals surface area contributed by atoms with Crippen molar-refractivity contribution in [1.82, 2.24) is 0 Å². The number of aliphatic hydroxyl groups excluding tert-OH is 1. The molecular weight excluding hydrogens is 160 g/mol. The Hall–Kier alpha value is -0.280. The van der Waals surface area contributed by atoms with E-state index in [0.717, 1.165) is 12.0 Å². The molecule has 11 heavy (non-hydrogen) atoms. The van der Waals surface area contributed by atoms with Crippen LogP contribution in [0.1, 0.15) is 13.3 Å². The molecular formula is C8H14O2S. The van der Waals surface area contributed by atoms with Crippen molar-refractivity contribution in [3.8, 4) is 0 Å². The van der Waals surface area contributed by atoms with E-state index in [1.807, 2.05) is 0 Å². The fourth-order valence-electron chi connectivity index (χ4n) is 0.691. The maximum Gasteiger partial charge on any atom is 0.121 e. The first-order valence-corrected chi connectivity index (χ1v) is 4.61. The number of carbonyl (C=O) groups is 1. The van der Waals surface area contributed by atoms with Crippen molar-refractivity contribution >= 4 is 18.0 Å². The second-order valence-corrected chi connectivity index (χ2v) is 3.58. The highest BCUT2D eigenvalue weighted by Gasteiger charge is 2.13. The largest absolute Gasteiger partial charge is 0.392 e. The number of hydrogen-bond acceptors (Lipinski definition) is 3.